The third kappa shape index (κ3) is 7.62. The van der Waals surface area contributed by atoms with Gasteiger partial charge in [-0.05, 0) is 91.1 Å². The molecule has 1 saturated carbocycles. The van der Waals surface area contributed by atoms with E-state index in [1.165, 1.54) is 0 Å². The fourth-order valence-corrected chi connectivity index (χ4v) is 10.9. The predicted molar refractivity (Wildman–Crippen MR) is 231 cm³/mol. The number of esters is 1. The number of morpholine rings is 1. The third-order valence-electron chi connectivity index (χ3n) is 13.6. The lowest BCUT2D eigenvalue weighted by Gasteiger charge is -2.46. The van der Waals surface area contributed by atoms with Gasteiger partial charge in [-0.2, -0.15) is 0 Å². The number of fused-ring (bicyclic) bond motifs is 3. The van der Waals surface area contributed by atoms with Crippen molar-refractivity contribution in [2.24, 2.45) is 5.92 Å². The number of aliphatic hydroxyl groups excluding tert-OH is 1. The van der Waals surface area contributed by atoms with Crippen LogP contribution in [-0.4, -0.2) is 75.7 Å². The molecule has 10 nitrogen and oxygen atoms in total. The summed E-state index contributed by atoms with van der Waals surface area (Å²) < 4.78 is 12.6. The van der Waals surface area contributed by atoms with E-state index in [0.717, 1.165) is 68.9 Å². The van der Waals surface area contributed by atoms with E-state index >= 15 is 14.4 Å². The summed E-state index contributed by atoms with van der Waals surface area (Å²) in [6.07, 6.45) is 9.09. The van der Waals surface area contributed by atoms with E-state index < -0.39 is 47.1 Å². The molecule has 1 spiro atoms. The summed E-state index contributed by atoms with van der Waals surface area (Å²) in [5.41, 5.74) is 1.32. The summed E-state index contributed by atoms with van der Waals surface area (Å²) in [5.74, 6) is 4.62. The smallest absolute Gasteiger partial charge is 0.324 e. The van der Waals surface area contributed by atoms with E-state index in [-0.39, 0.29) is 25.0 Å². The molecule has 2 amide bonds. The largest absolute Gasteiger partial charge is 0.491 e. The van der Waals surface area contributed by atoms with Crippen molar-refractivity contribution in [1.82, 2.24) is 9.80 Å². The first-order valence-electron chi connectivity index (χ1n) is 22.2. The molecule has 0 bridgehead atoms. The molecule has 10 heteroatoms. The number of carbonyl (C=O) groups is 3. The number of nitrogens with one attached hydrogen (secondary N) is 1. The first-order chi connectivity index (χ1) is 29.8. The van der Waals surface area contributed by atoms with Crippen LogP contribution in [0.5, 0.6) is 5.75 Å². The van der Waals surface area contributed by atoms with Crippen molar-refractivity contribution < 1.29 is 34.1 Å². The third-order valence-corrected chi connectivity index (χ3v) is 13.6. The molecule has 3 saturated heterocycles. The van der Waals surface area contributed by atoms with Crippen LogP contribution in [0.2, 0.25) is 0 Å². The number of amides is 2. The first kappa shape index (κ1) is 40.9. The van der Waals surface area contributed by atoms with Gasteiger partial charge in [-0.3, -0.25) is 19.3 Å². The monoisotopic (exact) mass is 821 g/mol. The van der Waals surface area contributed by atoms with Gasteiger partial charge in [-0.25, -0.2) is 0 Å². The van der Waals surface area contributed by atoms with Crippen LogP contribution < -0.4 is 10.1 Å². The molecule has 3 N–H and O–H groups in total. The summed E-state index contributed by atoms with van der Waals surface area (Å²) in [6, 6.07) is 30.0. The second kappa shape index (κ2) is 17.5. The molecule has 316 valence electrons. The lowest BCUT2D eigenvalue weighted by molar-refractivity contribution is -0.179. The summed E-state index contributed by atoms with van der Waals surface area (Å²) in [5, 5.41) is 24.5. The maximum Gasteiger partial charge on any atom is 0.324 e. The molecule has 61 heavy (non-hydrogen) atoms. The molecule has 6 atom stereocenters. The van der Waals surface area contributed by atoms with Crippen molar-refractivity contribution in [1.29, 1.82) is 0 Å². The Morgan fingerprint density at radius 2 is 1.43 bits per heavy atom. The molecular weight excluding hydrogens is 767 g/mol. The number of cyclic esters (lactones) is 1. The fraction of sp³-hybridized carbons (Fsp3) is 0.431. The van der Waals surface area contributed by atoms with Gasteiger partial charge in [-0.1, -0.05) is 117 Å². The number of hydrogen-bond acceptors (Lipinski definition) is 8. The van der Waals surface area contributed by atoms with Crippen LogP contribution in [0.1, 0.15) is 117 Å². The fourth-order valence-electron chi connectivity index (χ4n) is 10.9. The molecule has 0 radical (unpaired) electrons. The van der Waals surface area contributed by atoms with E-state index in [0.29, 0.717) is 54.1 Å². The Morgan fingerprint density at radius 1 is 0.770 bits per heavy atom. The Balaban J connectivity index is 1.31. The molecule has 4 heterocycles. The molecule has 4 fully saturated rings. The Bertz CT molecular complexity index is 2290. The van der Waals surface area contributed by atoms with Gasteiger partial charge >= 0.3 is 5.97 Å². The van der Waals surface area contributed by atoms with Gasteiger partial charge in [0, 0.05) is 24.3 Å². The maximum atomic E-state index is 15.9. The van der Waals surface area contributed by atoms with Gasteiger partial charge in [0.2, 0.25) is 11.8 Å². The Kier molecular flexibility index (Phi) is 11.7. The zero-order valence-electron chi connectivity index (χ0n) is 34.6. The number of likely N-dealkylation sites (tertiary alicyclic amines) is 1. The van der Waals surface area contributed by atoms with E-state index in [1.807, 2.05) is 108 Å². The number of nitrogens with zero attached hydrogens (tertiary/aromatic N) is 2. The standard InChI is InChI=1S/C51H55N3O7/c55-31-32-60-39-22-16-21-38(34-39)46-51(40-33-35(23-24-41(40)52-49(51)58)25-28-50(59)26-12-2-3-13-27-50)42(47(56)53-29-14-4-1-5-15-30-53)44-48(57)61-45(37-19-10-7-11-20-37)43(54(44)46)36-17-8-6-9-18-36/h6-11,16-24,33-34,42-46,55,59H,1-5,12-15,26-27,29-32H2,(H,52,58). The molecule has 4 aliphatic heterocycles. The van der Waals surface area contributed by atoms with Gasteiger partial charge < -0.3 is 29.9 Å². The van der Waals surface area contributed by atoms with Crippen LogP contribution in [0, 0.1) is 17.8 Å². The lowest BCUT2D eigenvalue weighted by atomic mass is 9.65. The number of hydrogen-bond donors (Lipinski definition) is 3. The SMILES string of the molecule is O=C1OC(c2ccccc2)C(c2ccccc2)N2C1C(C(=O)N1CCCCCCC1)C1(C(=O)Nc3ccc(C#CC4(O)CCCCCC4)cc31)C2c1cccc(OCCO)c1. The van der Waals surface area contributed by atoms with Gasteiger partial charge in [0.05, 0.1) is 24.6 Å². The second-order valence-electron chi connectivity index (χ2n) is 17.4. The van der Waals surface area contributed by atoms with E-state index in [2.05, 4.69) is 22.1 Å². The minimum absolute atomic E-state index is 0.0639. The van der Waals surface area contributed by atoms with Crippen molar-refractivity contribution in [3.05, 3.63) is 131 Å². The summed E-state index contributed by atoms with van der Waals surface area (Å²) >= 11 is 0. The highest BCUT2D eigenvalue weighted by Gasteiger charge is 2.74. The average molecular weight is 822 g/mol. The van der Waals surface area contributed by atoms with Crippen molar-refractivity contribution in [3.63, 3.8) is 0 Å². The van der Waals surface area contributed by atoms with Crippen LogP contribution in [0.25, 0.3) is 0 Å². The number of aliphatic hydroxyl groups is 2. The van der Waals surface area contributed by atoms with Crippen LogP contribution in [-0.2, 0) is 24.5 Å². The number of anilines is 1. The normalized spacial score (nSPS) is 27.3. The van der Waals surface area contributed by atoms with Gasteiger partial charge in [0.1, 0.15) is 35.5 Å². The Hall–Kier alpha value is -5.47. The van der Waals surface area contributed by atoms with Crippen molar-refractivity contribution >= 4 is 23.5 Å². The van der Waals surface area contributed by atoms with Crippen LogP contribution in [0.15, 0.2) is 103 Å². The van der Waals surface area contributed by atoms with Gasteiger partial charge in [0.15, 0.2) is 0 Å². The van der Waals surface area contributed by atoms with Crippen molar-refractivity contribution in [3.8, 4) is 17.6 Å². The maximum absolute atomic E-state index is 15.9. The first-order valence-corrected chi connectivity index (χ1v) is 22.2. The van der Waals surface area contributed by atoms with Crippen molar-refractivity contribution in [2.45, 2.75) is 106 Å². The quantitative estimate of drug-likeness (QED) is 0.0991. The Morgan fingerprint density at radius 3 is 2.13 bits per heavy atom. The summed E-state index contributed by atoms with van der Waals surface area (Å²) in [6.45, 7) is 0.924. The molecule has 6 unspecified atom stereocenters. The van der Waals surface area contributed by atoms with Crippen LogP contribution >= 0.6 is 0 Å². The number of benzene rings is 4. The Labute approximate surface area is 358 Å². The highest BCUT2D eigenvalue weighted by atomic mass is 16.6. The predicted octanol–water partition coefficient (Wildman–Crippen LogP) is 7.56. The topological polar surface area (TPSA) is 129 Å². The minimum atomic E-state index is -1.65. The summed E-state index contributed by atoms with van der Waals surface area (Å²) in [4.78, 5) is 50.8. The summed E-state index contributed by atoms with van der Waals surface area (Å²) in [7, 11) is 0. The van der Waals surface area contributed by atoms with Crippen molar-refractivity contribution in [2.75, 3.05) is 31.6 Å². The molecular formula is C51H55N3O7. The molecule has 1 aliphatic carbocycles. The highest BCUT2D eigenvalue weighted by Crippen LogP contribution is 2.65. The zero-order valence-corrected chi connectivity index (χ0v) is 34.6. The highest BCUT2D eigenvalue weighted by molar-refractivity contribution is 6.12. The molecule has 4 aromatic rings. The molecule has 0 aromatic heterocycles. The lowest BCUT2D eigenvalue weighted by Crippen LogP contribution is -2.55. The van der Waals surface area contributed by atoms with Gasteiger partial charge in [-0.15, -0.1) is 0 Å². The number of rotatable bonds is 7. The number of ether oxygens (including phenoxy) is 2. The molecule has 9 rings (SSSR count). The zero-order chi connectivity index (χ0) is 42.0. The van der Waals surface area contributed by atoms with Crippen LogP contribution in [0.4, 0.5) is 5.69 Å². The molecule has 4 aromatic carbocycles. The average Bonchev–Trinajstić information content (AvgIpc) is 3.64. The van der Waals surface area contributed by atoms with E-state index in [9.17, 15) is 10.2 Å². The molecule has 5 aliphatic rings. The van der Waals surface area contributed by atoms with E-state index in [4.69, 9.17) is 9.47 Å². The minimum Gasteiger partial charge on any atom is -0.491 e. The van der Waals surface area contributed by atoms with E-state index in [1.54, 1.807) is 0 Å². The second-order valence-corrected chi connectivity index (χ2v) is 17.4. The number of carbonyl (C=O) groups excluding carboxylic acids is 3. The van der Waals surface area contributed by atoms with Crippen LogP contribution in [0.3, 0.4) is 0 Å². The van der Waals surface area contributed by atoms with Gasteiger partial charge in [0.25, 0.3) is 0 Å².